The zero-order valence-electron chi connectivity index (χ0n) is 52.6. The van der Waals surface area contributed by atoms with Crippen molar-refractivity contribution in [2.24, 2.45) is 0 Å². The first kappa shape index (κ1) is 75.8. The molecule has 6 nitrogen and oxygen atoms in total. The van der Waals surface area contributed by atoms with E-state index in [4.69, 9.17) is 14.2 Å². The average Bonchev–Trinajstić information content (AvgIpc) is 3.45. The summed E-state index contributed by atoms with van der Waals surface area (Å²) in [6, 6.07) is 0. The lowest BCUT2D eigenvalue weighted by atomic mass is 10.0. The highest BCUT2D eigenvalue weighted by atomic mass is 16.6. The van der Waals surface area contributed by atoms with Gasteiger partial charge in [-0.15, -0.1) is 0 Å². The molecule has 0 aromatic carbocycles. The summed E-state index contributed by atoms with van der Waals surface area (Å²) in [5.41, 5.74) is 0. The van der Waals surface area contributed by atoms with Crippen LogP contribution in [0.4, 0.5) is 0 Å². The van der Waals surface area contributed by atoms with Gasteiger partial charge in [-0.05, 0) is 70.6 Å². The van der Waals surface area contributed by atoms with Gasteiger partial charge >= 0.3 is 17.9 Å². The maximum atomic E-state index is 12.8. The van der Waals surface area contributed by atoms with Crippen LogP contribution < -0.4 is 0 Å². The van der Waals surface area contributed by atoms with Crippen molar-refractivity contribution >= 4 is 17.9 Å². The molecule has 0 saturated carbocycles. The van der Waals surface area contributed by atoms with Crippen LogP contribution in [-0.4, -0.2) is 37.2 Å². The highest BCUT2D eigenvalue weighted by molar-refractivity contribution is 5.71. The quantitative estimate of drug-likeness (QED) is 0.0261. The van der Waals surface area contributed by atoms with Gasteiger partial charge in [0.1, 0.15) is 13.2 Å². The summed E-state index contributed by atoms with van der Waals surface area (Å²) in [6.07, 6.45) is 88.4. The molecule has 0 N–H and O–H groups in total. The van der Waals surface area contributed by atoms with Crippen LogP contribution in [0, 0.1) is 0 Å². The highest BCUT2D eigenvalue weighted by Crippen LogP contribution is 2.18. The van der Waals surface area contributed by atoms with Crippen LogP contribution in [0.15, 0.2) is 72.9 Å². The lowest BCUT2D eigenvalue weighted by Gasteiger charge is -2.18. The van der Waals surface area contributed by atoms with E-state index in [1.54, 1.807) is 0 Å². The van der Waals surface area contributed by atoms with Gasteiger partial charge in [-0.1, -0.05) is 338 Å². The molecule has 458 valence electrons. The van der Waals surface area contributed by atoms with Crippen molar-refractivity contribution < 1.29 is 28.6 Å². The fourth-order valence-electron chi connectivity index (χ4n) is 10.1. The van der Waals surface area contributed by atoms with Gasteiger partial charge in [0.15, 0.2) is 6.10 Å². The average molecular weight is 1100 g/mol. The smallest absolute Gasteiger partial charge is 0.306 e. The third-order valence-corrected chi connectivity index (χ3v) is 15.2. The standard InChI is InChI=1S/C73H130O6/c1-4-7-10-13-16-18-20-22-24-26-28-30-31-32-33-34-35-36-37-38-39-40-41-43-44-46-48-50-52-54-57-60-63-66-72(75)78-69-70(68-77-71(74)65-62-59-56-15-12-9-6-3)79-73(76)67-64-61-58-55-53-51-49-47-45-42-29-27-25-23-21-19-17-14-11-8-5-2/h8,11,17,19,23,25,29,42,47,49,53,55,70H,4-7,9-10,12-16,18,20-22,24,26-28,30-41,43-46,48,50-52,54,56-69H2,1-3H3/b11-8-,19-17-,25-23-,42-29-,49-47-,55-53-. The van der Waals surface area contributed by atoms with Crippen LogP contribution in [0.2, 0.25) is 0 Å². The van der Waals surface area contributed by atoms with E-state index in [9.17, 15) is 14.4 Å². The van der Waals surface area contributed by atoms with Crippen molar-refractivity contribution in [1.29, 1.82) is 0 Å². The van der Waals surface area contributed by atoms with Crippen LogP contribution in [-0.2, 0) is 28.6 Å². The van der Waals surface area contributed by atoms with E-state index in [1.165, 1.54) is 218 Å². The molecule has 0 aliphatic carbocycles. The number of carbonyl (C=O) groups is 3. The first-order chi connectivity index (χ1) is 39.0. The van der Waals surface area contributed by atoms with E-state index < -0.39 is 6.10 Å². The van der Waals surface area contributed by atoms with Gasteiger partial charge in [0.2, 0.25) is 0 Å². The number of ether oxygens (including phenoxy) is 3. The Morgan fingerprint density at radius 3 is 0.772 bits per heavy atom. The van der Waals surface area contributed by atoms with E-state index >= 15 is 0 Å². The van der Waals surface area contributed by atoms with Crippen LogP contribution in [0.3, 0.4) is 0 Å². The van der Waals surface area contributed by atoms with Crippen LogP contribution in [0.1, 0.15) is 355 Å². The first-order valence-corrected chi connectivity index (χ1v) is 34.4. The van der Waals surface area contributed by atoms with E-state index in [2.05, 4.69) is 93.7 Å². The van der Waals surface area contributed by atoms with Gasteiger partial charge in [0.25, 0.3) is 0 Å². The summed E-state index contributed by atoms with van der Waals surface area (Å²) in [5.74, 6) is -0.926. The van der Waals surface area contributed by atoms with Crippen molar-refractivity contribution in [3.05, 3.63) is 72.9 Å². The number of unbranched alkanes of at least 4 members (excludes halogenated alkanes) is 40. The van der Waals surface area contributed by atoms with Crippen molar-refractivity contribution in [3.8, 4) is 0 Å². The minimum Gasteiger partial charge on any atom is -0.462 e. The zero-order chi connectivity index (χ0) is 57.1. The molecule has 0 amide bonds. The second-order valence-electron chi connectivity index (χ2n) is 23.1. The molecule has 0 heterocycles. The Kier molecular flexibility index (Phi) is 64.7. The second kappa shape index (κ2) is 67.4. The van der Waals surface area contributed by atoms with Gasteiger partial charge in [-0.3, -0.25) is 14.4 Å². The molecule has 0 aliphatic heterocycles. The number of rotatable bonds is 63. The fourth-order valence-corrected chi connectivity index (χ4v) is 10.1. The summed E-state index contributed by atoms with van der Waals surface area (Å²) in [4.78, 5) is 38.1. The number of allylic oxidation sites excluding steroid dienone is 12. The van der Waals surface area contributed by atoms with Crippen LogP contribution >= 0.6 is 0 Å². The van der Waals surface area contributed by atoms with Crippen molar-refractivity contribution in [1.82, 2.24) is 0 Å². The lowest BCUT2D eigenvalue weighted by Crippen LogP contribution is -2.30. The topological polar surface area (TPSA) is 78.9 Å². The van der Waals surface area contributed by atoms with Crippen molar-refractivity contribution in [3.63, 3.8) is 0 Å². The van der Waals surface area contributed by atoms with Gasteiger partial charge in [-0.25, -0.2) is 0 Å². The summed E-state index contributed by atoms with van der Waals surface area (Å²) >= 11 is 0. The van der Waals surface area contributed by atoms with Crippen LogP contribution in [0.5, 0.6) is 0 Å². The predicted octanol–water partition coefficient (Wildman–Crippen LogP) is 23.7. The Bertz CT molecular complexity index is 1450. The fraction of sp³-hybridized carbons (Fsp3) is 0.795. The summed E-state index contributed by atoms with van der Waals surface area (Å²) in [5, 5.41) is 0. The zero-order valence-corrected chi connectivity index (χ0v) is 52.6. The molecule has 0 bridgehead atoms. The number of esters is 3. The molecule has 1 unspecified atom stereocenters. The van der Waals surface area contributed by atoms with Gasteiger partial charge in [0, 0.05) is 19.3 Å². The molecule has 0 aromatic heterocycles. The molecule has 0 fully saturated rings. The Hall–Kier alpha value is -3.15. The third-order valence-electron chi connectivity index (χ3n) is 15.2. The normalized spacial score (nSPS) is 12.5. The number of hydrogen-bond acceptors (Lipinski definition) is 6. The molecule has 0 aliphatic rings. The van der Waals surface area contributed by atoms with Crippen LogP contribution in [0.25, 0.3) is 0 Å². The van der Waals surface area contributed by atoms with Gasteiger partial charge in [0.05, 0.1) is 0 Å². The number of hydrogen-bond donors (Lipinski definition) is 0. The molecule has 0 radical (unpaired) electrons. The summed E-state index contributed by atoms with van der Waals surface area (Å²) in [7, 11) is 0. The Labute approximate surface area is 491 Å². The molecular weight excluding hydrogens is 973 g/mol. The highest BCUT2D eigenvalue weighted by Gasteiger charge is 2.19. The van der Waals surface area contributed by atoms with Gasteiger partial charge < -0.3 is 14.2 Å². The number of carbonyl (C=O) groups excluding carboxylic acids is 3. The predicted molar refractivity (Wildman–Crippen MR) is 344 cm³/mol. The maximum Gasteiger partial charge on any atom is 0.306 e. The lowest BCUT2D eigenvalue weighted by molar-refractivity contribution is -0.167. The Morgan fingerprint density at radius 2 is 0.494 bits per heavy atom. The monoisotopic (exact) mass is 1100 g/mol. The molecule has 0 rings (SSSR count). The van der Waals surface area contributed by atoms with E-state index in [0.717, 1.165) is 89.9 Å². The van der Waals surface area contributed by atoms with E-state index in [-0.39, 0.29) is 37.5 Å². The van der Waals surface area contributed by atoms with E-state index in [1.807, 2.05) is 0 Å². The molecule has 6 heteroatoms. The molecule has 1 atom stereocenters. The third kappa shape index (κ3) is 65.5. The molecular formula is C73H130O6. The Morgan fingerprint density at radius 1 is 0.266 bits per heavy atom. The van der Waals surface area contributed by atoms with E-state index in [0.29, 0.717) is 19.3 Å². The molecule has 0 saturated heterocycles. The minimum absolute atomic E-state index is 0.0898. The van der Waals surface area contributed by atoms with Crippen molar-refractivity contribution in [2.75, 3.05) is 13.2 Å². The first-order valence-electron chi connectivity index (χ1n) is 34.4. The van der Waals surface area contributed by atoms with Gasteiger partial charge in [-0.2, -0.15) is 0 Å². The minimum atomic E-state index is -0.795. The summed E-state index contributed by atoms with van der Waals surface area (Å²) in [6.45, 7) is 6.49. The van der Waals surface area contributed by atoms with Crippen molar-refractivity contribution in [2.45, 2.75) is 361 Å². The maximum absolute atomic E-state index is 12.8. The largest absolute Gasteiger partial charge is 0.462 e. The molecule has 0 spiro atoms. The SMILES string of the molecule is CC/C=C\C/C=C\C/C=C\C/C=C\C/C=C\C/C=C\CCCCC(=O)OC(COC(=O)CCCCCCCCC)COC(=O)CCCCCCCCCCCCCCCCCCCCCCCCCCCCCCCCCCC. The summed E-state index contributed by atoms with van der Waals surface area (Å²) < 4.78 is 16.8. The molecule has 79 heavy (non-hydrogen) atoms. The molecule has 0 aromatic rings. The second-order valence-corrected chi connectivity index (χ2v) is 23.1. The Balaban J connectivity index is 4.04.